The number of aromatic nitrogens is 2. The van der Waals surface area contributed by atoms with Crippen LogP contribution in [-0.4, -0.2) is 28.5 Å². The molecule has 4 rings (SSSR count). The van der Waals surface area contributed by atoms with Crippen LogP contribution in [0.25, 0.3) is 11.6 Å². The van der Waals surface area contributed by atoms with Crippen molar-refractivity contribution in [2.24, 2.45) is 0 Å². The molecule has 2 aromatic heterocycles. The fourth-order valence-electron chi connectivity index (χ4n) is 3.61. The van der Waals surface area contributed by atoms with E-state index in [4.69, 9.17) is 9.15 Å². The molecule has 134 valence electrons. The Labute approximate surface area is 153 Å². The maximum atomic E-state index is 5.40. The van der Waals surface area contributed by atoms with E-state index in [0.717, 1.165) is 24.4 Å². The summed E-state index contributed by atoms with van der Waals surface area (Å²) in [6, 6.07) is 12.5. The molecule has 5 heteroatoms. The van der Waals surface area contributed by atoms with Gasteiger partial charge < -0.3 is 9.15 Å². The molecule has 5 nitrogen and oxygen atoms in total. The van der Waals surface area contributed by atoms with Crippen molar-refractivity contribution in [1.82, 2.24) is 14.9 Å². The van der Waals surface area contributed by atoms with Crippen LogP contribution in [0.4, 0.5) is 0 Å². The second kappa shape index (κ2) is 7.70. The highest BCUT2D eigenvalue weighted by Crippen LogP contribution is 2.33. The van der Waals surface area contributed by atoms with E-state index >= 15 is 0 Å². The maximum Gasteiger partial charge on any atom is 0.195 e. The van der Waals surface area contributed by atoms with Gasteiger partial charge in [-0.1, -0.05) is 18.6 Å². The normalized spacial score (nSPS) is 18.0. The molecule has 0 amide bonds. The smallest absolute Gasteiger partial charge is 0.195 e. The first-order valence-electron chi connectivity index (χ1n) is 9.06. The third-order valence-electron chi connectivity index (χ3n) is 4.92. The minimum atomic E-state index is 0.406. The molecule has 1 aliphatic heterocycles. The fourth-order valence-corrected chi connectivity index (χ4v) is 3.61. The highest BCUT2D eigenvalue weighted by Gasteiger charge is 2.24. The second-order valence-corrected chi connectivity index (χ2v) is 6.65. The lowest BCUT2D eigenvalue weighted by Gasteiger charge is -2.36. The fraction of sp³-hybridized carbons (Fsp3) is 0.333. The molecule has 1 saturated heterocycles. The molecular weight excluding hydrogens is 326 g/mol. The summed E-state index contributed by atoms with van der Waals surface area (Å²) in [4.78, 5) is 11.4. The number of likely N-dealkylation sites (tertiary alicyclic amines) is 1. The Kier molecular flexibility index (Phi) is 4.97. The van der Waals surface area contributed by atoms with Crippen molar-refractivity contribution in [3.05, 3.63) is 66.2 Å². The van der Waals surface area contributed by atoms with E-state index in [1.54, 1.807) is 13.4 Å². The number of rotatable bonds is 5. The van der Waals surface area contributed by atoms with Crippen LogP contribution in [0.1, 0.15) is 36.4 Å². The van der Waals surface area contributed by atoms with E-state index in [1.165, 1.54) is 24.8 Å². The number of ether oxygens (including phenoxy) is 1. The summed E-state index contributed by atoms with van der Waals surface area (Å²) in [5, 5.41) is 0. The Morgan fingerprint density at radius 3 is 2.81 bits per heavy atom. The Hall–Kier alpha value is -2.66. The third kappa shape index (κ3) is 3.63. The number of piperidine rings is 1. The molecule has 1 aliphatic rings. The number of benzene rings is 1. The number of nitrogens with zero attached hydrogens (tertiary/aromatic N) is 3. The van der Waals surface area contributed by atoms with Gasteiger partial charge in [0.2, 0.25) is 0 Å². The number of hydrogen-bond donors (Lipinski definition) is 0. The van der Waals surface area contributed by atoms with Crippen LogP contribution in [0.15, 0.2) is 59.5 Å². The highest BCUT2D eigenvalue weighted by molar-refractivity contribution is 5.45. The van der Waals surface area contributed by atoms with Crippen molar-refractivity contribution in [2.75, 3.05) is 13.7 Å². The van der Waals surface area contributed by atoms with Crippen LogP contribution in [-0.2, 0) is 6.54 Å². The van der Waals surface area contributed by atoms with Gasteiger partial charge in [-0.15, -0.1) is 0 Å². The minimum absolute atomic E-state index is 0.406. The monoisotopic (exact) mass is 349 g/mol. The van der Waals surface area contributed by atoms with Crippen molar-refractivity contribution in [3.8, 4) is 17.3 Å². The van der Waals surface area contributed by atoms with Crippen LogP contribution in [0.3, 0.4) is 0 Å². The average Bonchev–Trinajstić information content (AvgIpc) is 3.24. The average molecular weight is 349 g/mol. The van der Waals surface area contributed by atoms with Crippen LogP contribution >= 0.6 is 0 Å². The Morgan fingerprint density at radius 2 is 2.04 bits per heavy atom. The lowest BCUT2D eigenvalue weighted by atomic mass is 9.94. The molecule has 1 unspecified atom stereocenters. The SMILES string of the molecule is COc1cccc(C2CCCCN2Cc2cnc(-c3ccco3)nc2)c1. The summed E-state index contributed by atoms with van der Waals surface area (Å²) in [7, 11) is 1.72. The quantitative estimate of drug-likeness (QED) is 0.680. The van der Waals surface area contributed by atoms with Crippen LogP contribution in [0.5, 0.6) is 5.75 Å². The van der Waals surface area contributed by atoms with Gasteiger partial charge in [0.25, 0.3) is 0 Å². The van der Waals surface area contributed by atoms with Crippen molar-refractivity contribution >= 4 is 0 Å². The van der Waals surface area contributed by atoms with Gasteiger partial charge in [0.1, 0.15) is 5.75 Å². The number of furan rings is 1. The Bertz CT molecular complexity index is 831. The molecule has 1 aromatic carbocycles. The molecule has 0 saturated carbocycles. The molecular formula is C21H23N3O2. The predicted molar refractivity (Wildman–Crippen MR) is 99.7 cm³/mol. The van der Waals surface area contributed by atoms with Crippen molar-refractivity contribution in [3.63, 3.8) is 0 Å². The maximum absolute atomic E-state index is 5.40. The van der Waals surface area contributed by atoms with Gasteiger partial charge >= 0.3 is 0 Å². The summed E-state index contributed by atoms with van der Waals surface area (Å²) < 4.78 is 10.8. The zero-order valence-corrected chi connectivity index (χ0v) is 15.0. The zero-order valence-electron chi connectivity index (χ0n) is 15.0. The Balaban J connectivity index is 1.51. The minimum Gasteiger partial charge on any atom is -0.497 e. The van der Waals surface area contributed by atoms with Gasteiger partial charge in [-0.05, 0) is 49.2 Å². The molecule has 26 heavy (non-hydrogen) atoms. The summed E-state index contributed by atoms with van der Waals surface area (Å²) in [5.41, 5.74) is 2.44. The van der Waals surface area contributed by atoms with Crippen molar-refractivity contribution < 1.29 is 9.15 Å². The van der Waals surface area contributed by atoms with Gasteiger partial charge in [-0.3, -0.25) is 4.90 Å². The lowest BCUT2D eigenvalue weighted by Crippen LogP contribution is -2.33. The molecule has 3 heterocycles. The van der Waals surface area contributed by atoms with E-state index in [-0.39, 0.29) is 0 Å². The highest BCUT2D eigenvalue weighted by atomic mass is 16.5. The van der Waals surface area contributed by atoms with Crippen LogP contribution in [0.2, 0.25) is 0 Å². The molecule has 1 fully saturated rings. The first-order valence-corrected chi connectivity index (χ1v) is 9.06. The molecule has 3 aromatic rings. The summed E-state index contributed by atoms with van der Waals surface area (Å²) >= 11 is 0. The topological polar surface area (TPSA) is 51.4 Å². The molecule has 0 spiro atoms. The van der Waals surface area contributed by atoms with E-state index in [0.29, 0.717) is 17.6 Å². The summed E-state index contributed by atoms with van der Waals surface area (Å²) in [6.45, 7) is 1.93. The van der Waals surface area contributed by atoms with E-state index in [9.17, 15) is 0 Å². The molecule has 1 atom stereocenters. The van der Waals surface area contributed by atoms with Crippen LogP contribution < -0.4 is 4.74 Å². The number of hydrogen-bond acceptors (Lipinski definition) is 5. The Morgan fingerprint density at radius 1 is 1.15 bits per heavy atom. The largest absolute Gasteiger partial charge is 0.497 e. The molecule has 0 aliphatic carbocycles. The number of methoxy groups -OCH3 is 1. The predicted octanol–water partition coefficient (Wildman–Crippen LogP) is 4.47. The first kappa shape index (κ1) is 16.8. The van der Waals surface area contributed by atoms with Crippen LogP contribution in [0, 0.1) is 0 Å². The molecule has 0 N–H and O–H groups in total. The van der Waals surface area contributed by atoms with E-state index in [1.807, 2.05) is 30.6 Å². The second-order valence-electron chi connectivity index (χ2n) is 6.65. The molecule has 0 bridgehead atoms. The summed E-state index contributed by atoms with van der Waals surface area (Å²) in [5.74, 6) is 2.24. The van der Waals surface area contributed by atoms with E-state index in [2.05, 4.69) is 33.1 Å². The van der Waals surface area contributed by atoms with E-state index < -0.39 is 0 Å². The van der Waals surface area contributed by atoms with Gasteiger partial charge in [-0.2, -0.15) is 0 Å². The third-order valence-corrected chi connectivity index (χ3v) is 4.92. The van der Waals surface area contributed by atoms with Gasteiger partial charge in [-0.25, -0.2) is 9.97 Å². The van der Waals surface area contributed by atoms with Gasteiger partial charge in [0.05, 0.1) is 13.4 Å². The lowest BCUT2D eigenvalue weighted by molar-refractivity contribution is 0.140. The van der Waals surface area contributed by atoms with Crippen molar-refractivity contribution in [1.29, 1.82) is 0 Å². The summed E-state index contributed by atoms with van der Waals surface area (Å²) in [6.07, 6.45) is 9.10. The first-order chi connectivity index (χ1) is 12.8. The van der Waals surface area contributed by atoms with Gasteiger partial charge in [0.15, 0.2) is 11.6 Å². The van der Waals surface area contributed by atoms with Gasteiger partial charge in [0, 0.05) is 30.5 Å². The standard InChI is InChI=1S/C21H23N3O2/c1-25-18-7-4-6-17(12-18)19-8-2-3-10-24(19)15-16-13-22-21(23-14-16)20-9-5-11-26-20/h4-7,9,11-14,19H,2-3,8,10,15H2,1H3. The zero-order chi connectivity index (χ0) is 17.8. The van der Waals surface area contributed by atoms with Crippen molar-refractivity contribution in [2.45, 2.75) is 31.8 Å². The molecule has 0 radical (unpaired) electrons.